The number of nitrogens with two attached hydrogens (primary N) is 1. The van der Waals surface area contributed by atoms with Gasteiger partial charge in [-0.3, -0.25) is 18.6 Å². The van der Waals surface area contributed by atoms with E-state index in [0.717, 1.165) is 38.5 Å². The van der Waals surface area contributed by atoms with Crippen molar-refractivity contribution in [2.24, 2.45) is 5.73 Å². The number of rotatable bonds is 43. The molecule has 0 bridgehead atoms. The number of esters is 2. The first-order chi connectivity index (χ1) is 29.2. The number of unbranched alkanes of at least 4 members (excludes halogenated alkanes) is 18. The lowest BCUT2D eigenvalue weighted by Gasteiger charge is -2.19. The lowest BCUT2D eigenvalue weighted by Crippen LogP contribution is -2.29. The smallest absolute Gasteiger partial charge is 0.462 e. The summed E-state index contributed by atoms with van der Waals surface area (Å²) >= 11 is 0. The molecule has 0 aromatic carbocycles. The number of hydrogen-bond acceptors (Lipinski definition) is 9. The minimum atomic E-state index is -4.40. The van der Waals surface area contributed by atoms with Crippen molar-refractivity contribution in [3.8, 4) is 0 Å². The molecule has 0 rings (SSSR count). The Labute approximate surface area is 365 Å². The summed E-state index contributed by atoms with van der Waals surface area (Å²) in [6.07, 6.45) is 51.8. The number of hydrogen-bond donors (Lipinski definition) is 3. The number of carbonyl (C=O) groups excluding carboxylic acids is 2. The van der Waals surface area contributed by atoms with Crippen LogP contribution in [0, 0.1) is 0 Å². The van der Waals surface area contributed by atoms with E-state index in [2.05, 4.69) is 49.5 Å². The van der Waals surface area contributed by atoms with Crippen molar-refractivity contribution < 1.29 is 42.7 Å². The summed E-state index contributed by atoms with van der Waals surface area (Å²) in [5, 5.41) is 9.48. The molecule has 0 fully saturated rings. The van der Waals surface area contributed by atoms with E-state index >= 15 is 0 Å². The molecule has 0 aliphatic rings. The van der Waals surface area contributed by atoms with E-state index < -0.39 is 32.5 Å². The second-order valence-electron chi connectivity index (χ2n) is 15.4. The fourth-order valence-corrected chi connectivity index (χ4v) is 6.85. The monoisotopic (exact) mass is 864 g/mol. The number of carbonyl (C=O) groups is 2. The van der Waals surface area contributed by atoms with Crippen molar-refractivity contribution in [1.82, 2.24) is 0 Å². The van der Waals surface area contributed by atoms with E-state index in [1.165, 1.54) is 96.3 Å². The maximum absolute atomic E-state index is 12.6. The van der Waals surface area contributed by atoms with Gasteiger partial charge in [0.05, 0.1) is 19.3 Å². The van der Waals surface area contributed by atoms with Crippen molar-refractivity contribution in [3.05, 3.63) is 72.9 Å². The summed E-state index contributed by atoms with van der Waals surface area (Å²) in [5.74, 6) is -0.919. The van der Waals surface area contributed by atoms with E-state index in [1.807, 2.05) is 31.2 Å². The largest absolute Gasteiger partial charge is 0.472 e. The van der Waals surface area contributed by atoms with Crippen LogP contribution in [0.1, 0.15) is 187 Å². The fraction of sp³-hybridized carbons (Fsp3) is 0.714. The highest BCUT2D eigenvalue weighted by Crippen LogP contribution is 2.43. The molecule has 0 amide bonds. The Hall–Kier alpha value is -2.59. The second kappa shape index (κ2) is 44.5. The van der Waals surface area contributed by atoms with Crippen LogP contribution in [0.4, 0.5) is 0 Å². The molecule has 0 saturated carbocycles. The van der Waals surface area contributed by atoms with E-state index in [0.29, 0.717) is 25.7 Å². The Balaban J connectivity index is 4.19. The molecule has 0 aliphatic carbocycles. The predicted octanol–water partition coefficient (Wildman–Crippen LogP) is 12.8. The summed E-state index contributed by atoms with van der Waals surface area (Å²) in [6, 6.07) is 0. The zero-order chi connectivity index (χ0) is 44.0. The minimum absolute atomic E-state index is 0.0373. The molecular formula is C49H86NO9P. The first-order valence-corrected chi connectivity index (χ1v) is 25.0. The van der Waals surface area contributed by atoms with Crippen molar-refractivity contribution in [3.63, 3.8) is 0 Å². The van der Waals surface area contributed by atoms with Gasteiger partial charge in [0.1, 0.15) is 6.61 Å². The van der Waals surface area contributed by atoms with Crippen LogP contribution in [0.5, 0.6) is 0 Å². The summed E-state index contributed by atoms with van der Waals surface area (Å²) < 4.78 is 32.8. The number of phosphoric acid groups is 1. The third-order valence-corrected chi connectivity index (χ3v) is 10.7. The molecule has 346 valence electrons. The van der Waals surface area contributed by atoms with E-state index in [9.17, 15) is 24.2 Å². The molecule has 3 atom stereocenters. The van der Waals surface area contributed by atoms with Crippen LogP contribution < -0.4 is 5.73 Å². The Morgan fingerprint density at radius 3 is 1.63 bits per heavy atom. The van der Waals surface area contributed by atoms with Crippen LogP contribution in [0.25, 0.3) is 0 Å². The molecule has 0 aromatic heterocycles. The number of aliphatic hydroxyl groups is 1. The molecule has 4 N–H and O–H groups in total. The molecule has 1 unspecified atom stereocenters. The number of allylic oxidation sites excluding steroid dienone is 11. The van der Waals surface area contributed by atoms with Gasteiger partial charge in [0.25, 0.3) is 0 Å². The van der Waals surface area contributed by atoms with Gasteiger partial charge in [-0.1, -0.05) is 177 Å². The molecule has 0 heterocycles. The van der Waals surface area contributed by atoms with Crippen LogP contribution in [-0.4, -0.2) is 60.5 Å². The van der Waals surface area contributed by atoms with Crippen LogP contribution in [-0.2, 0) is 32.7 Å². The maximum Gasteiger partial charge on any atom is 0.472 e. The Morgan fingerprint density at radius 2 is 1.07 bits per heavy atom. The molecule has 11 heteroatoms. The number of ether oxygens (including phenoxy) is 2. The zero-order valence-corrected chi connectivity index (χ0v) is 38.7. The van der Waals surface area contributed by atoms with E-state index in [-0.39, 0.29) is 38.7 Å². The average molecular weight is 864 g/mol. The SMILES string of the molecule is CCCCCCCC/C=C\CCCCCCCCCCCCCC(=O)O[C@H](COC(=O)CCC/C=C\C/C=C\C/C=C\C/C=C\C=C\[C@@H](O)CC)COP(=O)(O)OCCN. The van der Waals surface area contributed by atoms with Crippen molar-refractivity contribution in [2.45, 2.75) is 199 Å². The van der Waals surface area contributed by atoms with Crippen LogP contribution in [0.2, 0.25) is 0 Å². The van der Waals surface area contributed by atoms with Gasteiger partial charge >= 0.3 is 19.8 Å². The quantitative estimate of drug-likeness (QED) is 0.0177. The number of phosphoric ester groups is 1. The van der Waals surface area contributed by atoms with Crippen LogP contribution in [0.3, 0.4) is 0 Å². The van der Waals surface area contributed by atoms with E-state index in [1.54, 1.807) is 6.08 Å². The van der Waals surface area contributed by atoms with Crippen molar-refractivity contribution in [1.29, 1.82) is 0 Å². The van der Waals surface area contributed by atoms with Gasteiger partial charge in [-0.2, -0.15) is 0 Å². The van der Waals surface area contributed by atoms with Gasteiger partial charge in [0, 0.05) is 19.4 Å². The minimum Gasteiger partial charge on any atom is -0.462 e. The van der Waals surface area contributed by atoms with Gasteiger partial charge in [0.2, 0.25) is 0 Å². The molecule has 60 heavy (non-hydrogen) atoms. The van der Waals surface area contributed by atoms with Crippen molar-refractivity contribution in [2.75, 3.05) is 26.4 Å². The Morgan fingerprint density at radius 1 is 0.583 bits per heavy atom. The van der Waals surface area contributed by atoms with Gasteiger partial charge in [-0.05, 0) is 70.6 Å². The Bertz CT molecular complexity index is 1230. The third kappa shape index (κ3) is 43.5. The fourth-order valence-electron chi connectivity index (χ4n) is 6.09. The summed E-state index contributed by atoms with van der Waals surface area (Å²) in [6.45, 7) is 3.32. The van der Waals surface area contributed by atoms with Crippen LogP contribution in [0.15, 0.2) is 72.9 Å². The first-order valence-electron chi connectivity index (χ1n) is 23.5. The topological polar surface area (TPSA) is 155 Å². The Kier molecular flexibility index (Phi) is 42.5. The highest BCUT2D eigenvalue weighted by atomic mass is 31.2. The first kappa shape index (κ1) is 57.4. The summed E-state index contributed by atoms with van der Waals surface area (Å²) in [7, 11) is -4.40. The summed E-state index contributed by atoms with van der Waals surface area (Å²) in [4.78, 5) is 34.9. The lowest BCUT2D eigenvalue weighted by molar-refractivity contribution is -0.161. The lowest BCUT2D eigenvalue weighted by atomic mass is 10.0. The molecule has 0 radical (unpaired) electrons. The second-order valence-corrected chi connectivity index (χ2v) is 16.9. The van der Waals surface area contributed by atoms with Gasteiger partial charge in [-0.15, -0.1) is 0 Å². The highest BCUT2D eigenvalue weighted by Gasteiger charge is 2.26. The predicted molar refractivity (Wildman–Crippen MR) is 248 cm³/mol. The summed E-state index contributed by atoms with van der Waals surface area (Å²) in [5.41, 5.74) is 5.35. The molecular weight excluding hydrogens is 778 g/mol. The molecule has 10 nitrogen and oxygen atoms in total. The zero-order valence-electron chi connectivity index (χ0n) is 37.8. The van der Waals surface area contributed by atoms with Gasteiger partial charge in [0.15, 0.2) is 6.10 Å². The van der Waals surface area contributed by atoms with Crippen molar-refractivity contribution >= 4 is 19.8 Å². The molecule has 0 saturated heterocycles. The van der Waals surface area contributed by atoms with Gasteiger partial charge in [-0.25, -0.2) is 4.57 Å². The standard InChI is InChI=1S/C49H86NO9P/c1-3-5-6-7-8-9-10-11-12-13-14-15-16-17-18-23-26-29-32-35-38-41-49(53)59-47(45-58-60(54,55)57-43-42-50)44-56-48(52)40-37-34-31-28-25-22-20-19-21-24-27-30-33-36-39-46(51)4-2/h11-12,20-22,24,28,30-31,33,36,39,46-47,51H,3-10,13-19,23,25-27,29,32,34-35,37-38,40-45,50H2,1-2H3,(H,54,55)/b12-11-,22-20-,24-21-,31-28-,33-30-,39-36+/t46-,47+/m0/s1. The normalized spacial score (nSPS) is 14.4. The van der Waals surface area contributed by atoms with E-state index in [4.69, 9.17) is 24.3 Å². The number of aliphatic hydroxyl groups excluding tert-OH is 1. The third-order valence-electron chi connectivity index (χ3n) is 9.73. The highest BCUT2D eigenvalue weighted by molar-refractivity contribution is 7.47. The molecule has 0 aromatic rings. The van der Waals surface area contributed by atoms with Crippen LogP contribution >= 0.6 is 7.82 Å². The van der Waals surface area contributed by atoms with Gasteiger partial charge < -0.3 is 25.2 Å². The maximum atomic E-state index is 12.6. The molecule has 0 aliphatic heterocycles. The molecule has 0 spiro atoms. The average Bonchev–Trinajstić information content (AvgIpc) is 3.24.